The Morgan fingerprint density at radius 2 is 1.95 bits per heavy atom. The predicted octanol–water partition coefficient (Wildman–Crippen LogP) is 2.77. The molecule has 1 aliphatic rings. The van der Waals surface area contributed by atoms with Crippen molar-refractivity contribution in [3.63, 3.8) is 0 Å². The van der Waals surface area contributed by atoms with Gasteiger partial charge in [0, 0.05) is 31.9 Å². The van der Waals surface area contributed by atoms with Crippen molar-refractivity contribution in [1.29, 1.82) is 0 Å². The van der Waals surface area contributed by atoms with Gasteiger partial charge in [-0.15, -0.1) is 0 Å². The number of piperazine rings is 1. The molecule has 1 atom stereocenters. The normalized spacial score (nSPS) is 18.7. The van der Waals surface area contributed by atoms with Gasteiger partial charge in [-0.05, 0) is 37.8 Å². The fourth-order valence-electron chi connectivity index (χ4n) is 2.75. The van der Waals surface area contributed by atoms with Gasteiger partial charge >= 0.3 is 0 Å². The van der Waals surface area contributed by atoms with Crippen molar-refractivity contribution in [2.45, 2.75) is 39.7 Å². The minimum absolute atomic E-state index is 0.490. The zero-order valence-corrected chi connectivity index (χ0v) is 12.5. The summed E-state index contributed by atoms with van der Waals surface area (Å²) in [5.74, 6) is 0.759. The maximum atomic E-state index is 4.76. The number of pyridine rings is 1. The summed E-state index contributed by atoms with van der Waals surface area (Å²) >= 11 is 0. The average Bonchev–Trinajstić information content (AvgIpc) is 2.40. The van der Waals surface area contributed by atoms with Crippen LogP contribution < -0.4 is 5.32 Å². The first-order valence-corrected chi connectivity index (χ1v) is 7.55. The third kappa shape index (κ3) is 4.29. The quantitative estimate of drug-likeness (QED) is 0.883. The topological polar surface area (TPSA) is 28.2 Å². The van der Waals surface area contributed by atoms with E-state index in [1.165, 1.54) is 18.5 Å². The third-order valence-corrected chi connectivity index (χ3v) is 3.86. The van der Waals surface area contributed by atoms with Crippen LogP contribution in [0.5, 0.6) is 0 Å². The van der Waals surface area contributed by atoms with E-state index in [1.54, 1.807) is 0 Å². The Labute approximate surface area is 117 Å². The van der Waals surface area contributed by atoms with Crippen LogP contribution in [0.3, 0.4) is 0 Å². The van der Waals surface area contributed by atoms with Crippen LogP contribution in [0.25, 0.3) is 0 Å². The highest BCUT2D eigenvalue weighted by atomic mass is 15.2. The van der Waals surface area contributed by atoms with E-state index in [0.29, 0.717) is 6.04 Å². The van der Waals surface area contributed by atoms with Crippen LogP contribution in [0.4, 0.5) is 0 Å². The predicted molar refractivity (Wildman–Crippen MR) is 80.2 cm³/mol. The lowest BCUT2D eigenvalue weighted by atomic mass is 9.99. The van der Waals surface area contributed by atoms with Gasteiger partial charge in [0.2, 0.25) is 0 Å². The summed E-state index contributed by atoms with van der Waals surface area (Å²) in [5, 5.41) is 3.44. The van der Waals surface area contributed by atoms with Crippen LogP contribution in [0.15, 0.2) is 18.2 Å². The van der Waals surface area contributed by atoms with Crippen LogP contribution in [-0.4, -0.2) is 36.1 Å². The molecule has 1 aromatic heterocycles. The molecule has 0 radical (unpaired) electrons. The SMILES string of the molecule is Cc1cccc([C@@H](CCC(C)C)N2CCNCC2)n1. The van der Waals surface area contributed by atoms with E-state index in [0.717, 1.165) is 37.8 Å². The van der Waals surface area contributed by atoms with Gasteiger partial charge in [0.05, 0.1) is 11.7 Å². The van der Waals surface area contributed by atoms with Crippen LogP contribution in [-0.2, 0) is 0 Å². The molecule has 1 aromatic rings. The summed E-state index contributed by atoms with van der Waals surface area (Å²) < 4.78 is 0. The van der Waals surface area contributed by atoms with E-state index in [2.05, 4.69) is 49.2 Å². The molecule has 0 bridgehead atoms. The number of hydrogen-bond acceptors (Lipinski definition) is 3. The smallest absolute Gasteiger partial charge is 0.0578 e. The minimum Gasteiger partial charge on any atom is -0.314 e. The van der Waals surface area contributed by atoms with Crippen molar-refractivity contribution in [2.24, 2.45) is 5.92 Å². The standard InChI is InChI=1S/C16H27N3/c1-13(2)7-8-16(19-11-9-17-10-12-19)15-6-4-5-14(3)18-15/h4-6,13,16-17H,7-12H2,1-3H3/t16-/m1/s1. The molecule has 0 spiro atoms. The van der Waals surface area contributed by atoms with E-state index in [9.17, 15) is 0 Å². The Balaban J connectivity index is 2.12. The highest BCUT2D eigenvalue weighted by Gasteiger charge is 2.23. The van der Waals surface area contributed by atoms with Crippen molar-refractivity contribution >= 4 is 0 Å². The lowest BCUT2D eigenvalue weighted by Crippen LogP contribution is -2.45. The van der Waals surface area contributed by atoms with Gasteiger partial charge in [0.1, 0.15) is 0 Å². The van der Waals surface area contributed by atoms with Gasteiger partial charge in [0.15, 0.2) is 0 Å². The van der Waals surface area contributed by atoms with Crippen molar-refractivity contribution in [3.8, 4) is 0 Å². The van der Waals surface area contributed by atoms with Gasteiger partial charge < -0.3 is 5.32 Å². The molecule has 0 saturated carbocycles. The highest BCUT2D eigenvalue weighted by molar-refractivity contribution is 5.14. The summed E-state index contributed by atoms with van der Waals surface area (Å²) in [7, 11) is 0. The molecule has 19 heavy (non-hydrogen) atoms. The third-order valence-electron chi connectivity index (χ3n) is 3.86. The summed E-state index contributed by atoms with van der Waals surface area (Å²) in [5.41, 5.74) is 2.38. The van der Waals surface area contributed by atoms with Gasteiger partial charge in [-0.2, -0.15) is 0 Å². The monoisotopic (exact) mass is 261 g/mol. The number of rotatable bonds is 5. The van der Waals surface area contributed by atoms with E-state index in [-0.39, 0.29) is 0 Å². The van der Waals surface area contributed by atoms with E-state index >= 15 is 0 Å². The molecular formula is C16H27N3. The molecule has 106 valence electrons. The first-order chi connectivity index (χ1) is 9.16. The highest BCUT2D eigenvalue weighted by Crippen LogP contribution is 2.26. The maximum Gasteiger partial charge on any atom is 0.0578 e. The molecular weight excluding hydrogens is 234 g/mol. The Bertz CT molecular complexity index is 383. The number of hydrogen-bond donors (Lipinski definition) is 1. The Morgan fingerprint density at radius 1 is 1.21 bits per heavy atom. The van der Waals surface area contributed by atoms with Crippen molar-refractivity contribution < 1.29 is 0 Å². The summed E-state index contributed by atoms with van der Waals surface area (Å²) in [6.07, 6.45) is 2.48. The molecule has 1 fully saturated rings. The summed E-state index contributed by atoms with van der Waals surface area (Å²) in [6.45, 7) is 11.2. The molecule has 1 saturated heterocycles. The molecule has 0 unspecified atom stereocenters. The molecule has 0 aromatic carbocycles. The zero-order chi connectivity index (χ0) is 13.7. The molecule has 1 N–H and O–H groups in total. The van der Waals surface area contributed by atoms with Crippen molar-refractivity contribution in [3.05, 3.63) is 29.6 Å². The van der Waals surface area contributed by atoms with Crippen LogP contribution in [0.2, 0.25) is 0 Å². The average molecular weight is 261 g/mol. The second-order valence-corrected chi connectivity index (χ2v) is 5.98. The summed E-state index contributed by atoms with van der Waals surface area (Å²) in [4.78, 5) is 7.36. The van der Waals surface area contributed by atoms with Crippen LogP contribution in [0.1, 0.15) is 44.1 Å². The summed E-state index contributed by atoms with van der Waals surface area (Å²) in [6, 6.07) is 6.91. The first-order valence-electron chi connectivity index (χ1n) is 7.55. The fraction of sp³-hybridized carbons (Fsp3) is 0.688. The van der Waals surface area contributed by atoms with Gasteiger partial charge in [-0.1, -0.05) is 19.9 Å². The fourth-order valence-corrected chi connectivity index (χ4v) is 2.75. The molecule has 1 aliphatic heterocycles. The van der Waals surface area contributed by atoms with E-state index in [4.69, 9.17) is 4.98 Å². The minimum atomic E-state index is 0.490. The van der Waals surface area contributed by atoms with Crippen molar-refractivity contribution in [1.82, 2.24) is 15.2 Å². The second kappa shape index (κ2) is 7.01. The maximum absolute atomic E-state index is 4.76. The zero-order valence-electron chi connectivity index (χ0n) is 12.5. The first kappa shape index (κ1) is 14.5. The van der Waals surface area contributed by atoms with Crippen molar-refractivity contribution in [2.75, 3.05) is 26.2 Å². The molecule has 2 rings (SSSR count). The number of nitrogens with one attached hydrogen (secondary N) is 1. The number of aryl methyl sites for hydroxylation is 1. The lowest BCUT2D eigenvalue weighted by Gasteiger charge is -2.35. The van der Waals surface area contributed by atoms with Gasteiger partial charge in [-0.25, -0.2) is 0 Å². The second-order valence-electron chi connectivity index (χ2n) is 5.98. The lowest BCUT2D eigenvalue weighted by molar-refractivity contribution is 0.156. The molecule has 2 heterocycles. The Kier molecular flexibility index (Phi) is 5.34. The van der Waals surface area contributed by atoms with Crippen LogP contribution in [0, 0.1) is 12.8 Å². The molecule has 3 nitrogen and oxygen atoms in total. The molecule has 0 aliphatic carbocycles. The largest absolute Gasteiger partial charge is 0.314 e. The van der Waals surface area contributed by atoms with Gasteiger partial charge in [0.25, 0.3) is 0 Å². The van der Waals surface area contributed by atoms with E-state index < -0.39 is 0 Å². The molecule has 3 heteroatoms. The van der Waals surface area contributed by atoms with Crippen LogP contribution >= 0.6 is 0 Å². The van der Waals surface area contributed by atoms with E-state index in [1.807, 2.05) is 0 Å². The van der Waals surface area contributed by atoms with Gasteiger partial charge in [-0.3, -0.25) is 9.88 Å². The number of nitrogens with zero attached hydrogens (tertiary/aromatic N) is 2. The Morgan fingerprint density at radius 3 is 2.58 bits per heavy atom. The molecule has 0 amide bonds. The number of aromatic nitrogens is 1. The Hall–Kier alpha value is -0.930.